The van der Waals surface area contributed by atoms with Crippen LogP contribution in [0.5, 0.6) is 11.5 Å². The van der Waals surface area contributed by atoms with Crippen LogP contribution in [0.15, 0.2) is 18.2 Å². The molecule has 1 unspecified atom stereocenters. The molecule has 92 valence electrons. The number of carbonyl (C=O) groups is 1. The number of thiol groups is 1. The molecule has 1 atom stereocenters. The van der Waals surface area contributed by atoms with E-state index in [1.807, 2.05) is 0 Å². The number of hydrogen-bond donors (Lipinski definition) is 2. The van der Waals surface area contributed by atoms with E-state index in [9.17, 15) is 9.90 Å². The van der Waals surface area contributed by atoms with E-state index in [4.69, 9.17) is 4.74 Å². The molecule has 0 spiro atoms. The van der Waals surface area contributed by atoms with Crippen LogP contribution in [0.4, 0.5) is 5.69 Å². The molecule has 1 aromatic carbocycles. The highest BCUT2D eigenvalue weighted by molar-refractivity contribution is 7.80. The molecule has 1 aromatic rings. The van der Waals surface area contributed by atoms with Gasteiger partial charge in [0.05, 0.1) is 7.11 Å². The number of anilines is 1. The molecule has 1 saturated heterocycles. The lowest BCUT2D eigenvalue weighted by atomic mass is 10.1. The maximum absolute atomic E-state index is 11.8. The summed E-state index contributed by atoms with van der Waals surface area (Å²) in [5.74, 6) is 1.55. The molecule has 1 aliphatic heterocycles. The van der Waals surface area contributed by atoms with Crippen molar-refractivity contribution in [2.24, 2.45) is 5.92 Å². The van der Waals surface area contributed by atoms with E-state index in [0.717, 1.165) is 5.69 Å². The Balaban J connectivity index is 2.26. The maximum atomic E-state index is 11.8. The summed E-state index contributed by atoms with van der Waals surface area (Å²) < 4.78 is 5.03. The third kappa shape index (κ3) is 2.34. The standard InChI is InChI=1S/C12H15NO3S/c1-16-11-5-9(2-3-10(11)14)13-6-8(7-17)4-12(13)15/h2-3,5,8,14,17H,4,6-7H2,1H3. The molecular formula is C12H15NO3S. The van der Waals surface area contributed by atoms with Gasteiger partial charge < -0.3 is 14.7 Å². The lowest BCUT2D eigenvalue weighted by Crippen LogP contribution is -2.24. The number of ether oxygens (including phenoxy) is 1. The molecule has 17 heavy (non-hydrogen) atoms. The minimum atomic E-state index is 0.0774. The molecule has 4 nitrogen and oxygen atoms in total. The highest BCUT2D eigenvalue weighted by Crippen LogP contribution is 2.33. The molecule has 1 amide bonds. The van der Waals surface area contributed by atoms with Crippen molar-refractivity contribution in [1.29, 1.82) is 0 Å². The third-order valence-corrected chi connectivity index (χ3v) is 3.45. The number of amides is 1. The van der Waals surface area contributed by atoms with E-state index in [0.29, 0.717) is 30.4 Å². The van der Waals surface area contributed by atoms with Crippen LogP contribution in [-0.2, 0) is 4.79 Å². The fraction of sp³-hybridized carbons (Fsp3) is 0.417. The van der Waals surface area contributed by atoms with E-state index in [1.165, 1.54) is 13.2 Å². The van der Waals surface area contributed by atoms with Crippen LogP contribution in [0.25, 0.3) is 0 Å². The van der Waals surface area contributed by atoms with Crippen molar-refractivity contribution < 1.29 is 14.6 Å². The monoisotopic (exact) mass is 253 g/mol. The van der Waals surface area contributed by atoms with Crippen LogP contribution < -0.4 is 9.64 Å². The van der Waals surface area contributed by atoms with Gasteiger partial charge in [0.25, 0.3) is 0 Å². The predicted octanol–water partition coefficient (Wildman–Crippen LogP) is 1.68. The van der Waals surface area contributed by atoms with Crippen LogP contribution in [-0.4, -0.2) is 30.4 Å². The molecule has 2 rings (SSSR count). The number of carbonyl (C=O) groups excluding carboxylic acids is 1. The van der Waals surface area contributed by atoms with Gasteiger partial charge in [0, 0.05) is 24.7 Å². The number of methoxy groups -OCH3 is 1. The smallest absolute Gasteiger partial charge is 0.227 e. The van der Waals surface area contributed by atoms with Gasteiger partial charge in [-0.2, -0.15) is 12.6 Å². The first-order valence-corrected chi connectivity index (χ1v) is 6.07. The van der Waals surface area contributed by atoms with E-state index >= 15 is 0 Å². The van der Waals surface area contributed by atoms with Crippen molar-refractivity contribution >= 4 is 24.2 Å². The first-order chi connectivity index (χ1) is 8.15. The van der Waals surface area contributed by atoms with Crippen molar-refractivity contribution in [1.82, 2.24) is 0 Å². The molecular weight excluding hydrogens is 238 g/mol. The molecule has 0 radical (unpaired) electrons. The highest BCUT2D eigenvalue weighted by atomic mass is 32.1. The number of phenolic OH excluding ortho intramolecular Hbond substituents is 1. The Morgan fingerprint density at radius 3 is 2.94 bits per heavy atom. The summed E-state index contributed by atoms with van der Waals surface area (Å²) in [7, 11) is 1.49. The minimum absolute atomic E-state index is 0.0774. The molecule has 1 heterocycles. The Morgan fingerprint density at radius 2 is 2.35 bits per heavy atom. The fourth-order valence-electron chi connectivity index (χ4n) is 1.99. The minimum Gasteiger partial charge on any atom is -0.504 e. The van der Waals surface area contributed by atoms with Gasteiger partial charge in [0.2, 0.25) is 5.91 Å². The SMILES string of the molecule is COc1cc(N2CC(CS)CC2=O)ccc1O. The molecule has 1 fully saturated rings. The lowest BCUT2D eigenvalue weighted by molar-refractivity contribution is -0.117. The number of nitrogens with zero attached hydrogens (tertiary/aromatic N) is 1. The first kappa shape index (κ1) is 12.1. The third-order valence-electron chi connectivity index (χ3n) is 2.94. The average molecular weight is 253 g/mol. The first-order valence-electron chi connectivity index (χ1n) is 5.44. The fourth-order valence-corrected chi connectivity index (χ4v) is 2.23. The second kappa shape index (κ2) is 4.87. The molecule has 5 heteroatoms. The van der Waals surface area contributed by atoms with Crippen LogP contribution in [0.2, 0.25) is 0 Å². The molecule has 0 bridgehead atoms. The predicted molar refractivity (Wildman–Crippen MR) is 69.0 cm³/mol. The van der Waals surface area contributed by atoms with Gasteiger partial charge >= 0.3 is 0 Å². The van der Waals surface area contributed by atoms with Crippen molar-refractivity contribution in [2.75, 3.05) is 24.3 Å². The van der Waals surface area contributed by atoms with Crippen LogP contribution in [0.1, 0.15) is 6.42 Å². The zero-order valence-electron chi connectivity index (χ0n) is 9.59. The summed E-state index contributed by atoms with van der Waals surface area (Å²) in [6, 6.07) is 4.93. The average Bonchev–Trinajstić information content (AvgIpc) is 2.71. The van der Waals surface area contributed by atoms with Crippen molar-refractivity contribution in [2.45, 2.75) is 6.42 Å². The lowest BCUT2D eigenvalue weighted by Gasteiger charge is -2.17. The molecule has 0 aliphatic carbocycles. The zero-order chi connectivity index (χ0) is 12.4. The quantitative estimate of drug-likeness (QED) is 0.806. The molecule has 1 N–H and O–H groups in total. The summed E-state index contributed by atoms with van der Waals surface area (Å²) in [4.78, 5) is 13.5. The van der Waals surface area contributed by atoms with Gasteiger partial charge in [-0.05, 0) is 23.8 Å². The van der Waals surface area contributed by atoms with Gasteiger partial charge in [-0.1, -0.05) is 0 Å². The Labute approximate surface area is 106 Å². The molecule has 1 aliphatic rings. The van der Waals surface area contributed by atoms with Crippen molar-refractivity contribution in [3.8, 4) is 11.5 Å². The van der Waals surface area contributed by atoms with E-state index in [2.05, 4.69) is 12.6 Å². The topological polar surface area (TPSA) is 49.8 Å². The van der Waals surface area contributed by atoms with Crippen molar-refractivity contribution in [3.63, 3.8) is 0 Å². The number of hydrogen-bond acceptors (Lipinski definition) is 4. The Hall–Kier alpha value is -1.36. The summed E-state index contributed by atoms with van der Waals surface area (Å²) in [5.41, 5.74) is 0.758. The van der Waals surface area contributed by atoms with E-state index in [1.54, 1.807) is 17.0 Å². The van der Waals surface area contributed by atoms with Gasteiger partial charge in [0.15, 0.2) is 11.5 Å². The maximum Gasteiger partial charge on any atom is 0.227 e. The van der Waals surface area contributed by atoms with Gasteiger partial charge in [-0.15, -0.1) is 0 Å². The Bertz CT molecular complexity index is 436. The second-order valence-electron chi connectivity index (χ2n) is 4.11. The van der Waals surface area contributed by atoms with Gasteiger partial charge in [0.1, 0.15) is 0 Å². The Kier molecular flexibility index (Phi) is 3.47. The molecule has 0 saturated carbocycles. The Morgan fingerprint density at radius 1 is 1.59 bits per heavy atom. The van der Waals surface area contributed by atoms with Crippen LogP contribution in [0.3, 0.4) is 0 Å². The van der Waals surface area contributed by atoms with E-state index in [-0.39, 0.29) is 11.7 Å². The number of aromatic hydroxyl groups is 1. The van der Waals surface area contributed by atoms with E-state index < -0.39 is 0 Å². The summed E-state index contributed by atoms with van der Waals surface area (Å²) in [6.45, 7) is 0.677. The summed E-state index contributed by atoms with van der Waals surface area (Å²) >= 11 is 4.22. The molecule has 0 aromatic heterocycles. The zero-order valence-corrected chi connectivity index (χ0v) is 10.5. The van der Waals surface area contributed by atoms with Gasteiger partial charge in [-0.25, -0.2) is 0 Å². The van der Waals surface area contributed by atoms with Crippen LogP contribution in [0, 0.1) is 5.92 Å². The van der Waals surface area contributed by atoms with Crippen molar-refractivity contribution in [3.05, 3.63) is 18.2 Å². The largest absolute Gasteiger partial charge is 0.504 e. The van der Waals surface area contributed by atoms with Gasteiger partial charge in [-0.3, -0.25) is 4.79 Å². The second-order valence-corrected chi connectivity index (χ2v) is 4.48. The number of phenols is 1. The summed E-state index contributed by atoms with van der Waals surface area (Å²) in [6.07, 6.45) is 0.534. The summed E-state index contributed by atoms with van der Waals surface area (Å²) in [5, 5.41) is 9.50. The number of benzene rings is 1. The normalized spacial score (nSPS) is 19.8. The number of rotatable bonds is 3. The highest BCUT2D eigenvalue weighted by Gasteiger charge is 2.29. The van der Waals surface area contributed by atoms with Crippen LogP contribution >= 0.6 is 12.6 Å².